The Kier molecular flexibility index (Phi) is 2.71. The molecule has 92 valence electrons. The Hall–Kier alpha value is -1.95. The summed E-state index contributed by atoms with van der Waals surface area (Å²) in [5.74, 6) is 0.203. The fourth-order valence-electron chi connectivity index (χ4n) is 1.95. The van der Waals surface area contributed by atoms with E-state index in [1.54, 1.807) is 23.5 Å². The Morgan fingerprint density at radius 1 is 1.39 bits per heavy atom. The number of aromatic nitrogens is 2. The van der Waals surface area contributed by atoms with E-state index in [0.717, 1.165) is 18.5 Å². The zero-order valence-electron chi connectivity index (χ0n) is 9.64. The van der Waals surface area contributed by atoms with Crippen molar-refractivity contribution in [3.8, 4) is 0 Å². The molecule has 2 aromatic rings. The molecule has 3 N–H and O–H groups in total. The Balaban J connectivity index is 1.75. The topological polar surface area (TPSA) is 80.9 Å². The lowest BCUT2D eigenvalue weighted by atomic mass is 10.2. The van der Waals surface area contributed by atoms with Crippen molar-refractivity contribution < 1.29 is 4.79 Å². The van der Waals surface area contributed by atoms with Crippen molar-refractivity contribution in [3.63, 3.8) is 0 Å². The lowest BCUT2D eigenvalue weighted by Crippen LogP contribution is -2.12. The number of nitrogens with one attached hydrogen (secondary N) is 1. The fraction of sp³-hybridized carbons (Fsp3) is 0.250. The van der Waals surface area contributed by atoms with Crippen LogP contribution < -0.4 is 11.1 Å². The first kappa shape index (κ1) is 11.2. The van der Waals surface area contributed by atoms with E-state index < -0.39 is 0 Å². The van der Waals surface area contributed by atoms with Gasteiger partial charge in [-0.15, -0.1) is 11.3 Å². The number of anilines is 2. The highest BCUT2D eigenvalue weighted by atomic mass is 32.1. The second-order valence-corrected chi connectivity index (χ2v) is 5.25. The van der Waals surface area contributed by atoms with E-state index in [1.807, 2.05) is 0 Å². The third-order valence-electron chi connectivity index (χ3n) is 2.86. The zero-order valence-corrected chi connectivity index (χ0v) is 10.5. The monoisotopic (exact) mass is 260 g/mol. The number of rotatable bonds is 2. The Bertz CT molecular complexity index is 569. The second-order valence-electron chi connectivity index (χ2n) is 4.17. The average molecular weight is 260 g/mol. The molecule has 3 rings (SSSR count). The van der Waals surface area contributed by atoms with Gasteiger partial charge in [-0.05, 0) is 31.4 Å². The first-order valence-corrected chi connectivity index (χ1v) is 6.55. The average Bonchev–Trinajstić information content (AvgIpc) is 2.90. The van der Waals surface area contributed by atoms with Crippen molar-refractivity contribution in [1.82, 2.24) is 9.97 Å². The number of pyridine rings is 1. The first-order chi connectivity index (χ1) is 8.72. The summed E-state index contributed by atoms with van der Waals surface area (Å²) >= 11 is 1.56. The third kappa shape index (κ3) is 2.06. The zero-order chi connectivity index (χ0) is 12.5. The van der Waals surface area contributed by atoms with Crippen molar-refractivity contribution in [2.24, 2.45) is 0 Å². The van der Waals surface area contributed by atoms with Crippen molar-refractivity contribution >= 4 is 28.2 Å². The van der Waals surface area contributed by atoms with Crippen molar-refractivity contribution in [1.29, 1.82) is 0 Å². The minimum absolute atomic E-state index is 0.199. The summed E-state index contributed by atoms with van der Waals surface area (Å²) in [5, 5.41) is 3.46. The molecular weight excluding hydrogens is 248 g/mol. The molecule has 18 heavy (non-hydrogen) atoms. The normalized spacial score (nSPS) is 13.3. The molecule has 5 nitrogen and oxygen atoms in total. The highest BCUT2D eigenvalue weighted by Gasteiger charge is 2.18. The standard InChI is InChI=1S/C12H12N4OS/c13-10-5-4-7(6-14-10)11(17)16-12-15-8-2-1-3-9(8)18-12/h4-6H,1-3H2,(H2,13,14)(H,15,16,17). The molecular formula is C12H12N4OS. The highest BCUT2D eigenvalue weighted by Crippen LogP contribution is 2.30. The number of hydrogen-bond donors (Lipinski definition) is 2. The molecule has 0 unspecified atom stereocenters. The van der Waals surface area contributed by atoms with Gasteiger partial charge in [-0.3, -0.25) is 10.1 Å². The van der Waals surface area contributed by atoms with Gasteiger partial charge in [0, 0.05) is 11.1 Å². The van der Waals surface area contributed by atoms with Crippen molar-refractivity contribution in [3.05, 3.63) is 34.5 Å². The van der Waals surface area contributed by atoms with Crippen LogP contribution in [0.2, 0.25) is 0 Å². The van der Waals surface area contributed by atoms with Gasteiger partial charge < -0.3 is 5.73 Å². The number of nitrogens with zero attached hydrogens (tertiary/aromatic N) is 2. The van der Waals surface area contributed by atoms with E-state index >= 15 is 0 Å². The van der Waals surface area contributed by atoms with E-state index in [9.17, 15) is 4.79 Å². The number of carbonyl (C=O) groups excluding carboxylic acids is 1. The molecule has 0 spiro atoms. The number of carbonyl (C=O) groups is 1. The van der Waals surface area contributed by atoms with Gasteiger partial charge in [0.05, 0.1) is 11.3 Å². The summed E-state index contributed by atoms with van der Waals surface area (Å²) in [6.07, 6.45) is 4.73. The predicted molar refractivity (Wildman–Crippen MR) is 70.7 cm³/mol. The fourth-order valence-corrected chi connectivity index (χ4v) is 3.00. The van der Waals surface area contributed by atoms with Crippen LogP contribution in [0.4, 0.5) is 10.9 Å². The van der Waals surface area contributed by atoms with Crippen molar-refractivity contribution in [2.45, 2.75) is 19.3 Å². The first-order valence-electron chi connectivity index (χ1n) is 5.74. The van der Waals surface area contributed by atoms with E-state index in [4.69, 9.17) is 5.73 Å². The Morgan fingerprint density at radius 2 is 2.28 bits per heavy atom. The van der Waals surface area contributed by atoms with Crippen LogP contribution in [-0.4, -0.2) is 15.9 Å². The summed E-state index contributed by atoms with van der Waals surface area (Å²) in [7, 11) is 0. The molecule has 0 fully saturated rings. The van der Waals surface area contributed by atoms with Crippen LogP contribution in [0, 0.1) is 0 Å². The van der Waals surface area contributed by atoms with Crippen LogP contribution >= 0.6 is 11.3 Å². The predicted octanol–water partition coefficient (Wildman–Crippen LogP) is 1.86. The summed E-state index contributed by atoms with van der Waals surface area (Å²) in [6.45, 7) is 0. The number of nitrogens with two attached hydrogens (primary N) is 1. The minimum atomic E-state index is -0.199. The molecule has 6 heteroatoms. The summed E-state index contributed by atoms with van der Waals surface area (Å²) in [6, 6.07) is 3.26. The summed E-state index contributed by atoms with van der Waals surface area (Å²) in [5.41, 5.74) is 7.09. The molecule has 0 radical (unpaired) electrons. The van der Waals surface area contributed by atoms with E-state index in [-0.39, 0.29) is 5.91 Å². The van der Waals surface area contributed by atoms with Gasteiger partial charge >= 0.3 is 0 Å². The van der Waals surface area contributed by atoms with E-state index in [2.05, 4.69) is 15.3 Å². The van der Waals surface area contributed by atoms with Gasteiger partial charge in [-0.2, -0.15) is 0 Å². The molecule has 0 aromatic carbocycles. The molecule has 2 aromatic heterocycles. The number of fused-ring (bicyclic) bond motifs is 1. The molecule has 0 bridgehead atoms. The molecule has 0 aliphatic heterocycles. The third-order valence-corrected chi connectivity index (χ3v) is 3.94. The largest absolute Gasteiger partial charge is 0.384 e. The van der Waals surface area contributed by atoms with Gasteiger partial charge in [0.2, 0.25) is 0 Å². The maximum absolute atomic E-state index is 11.9. The van der Waals surface area contributed by atoms with Gasteiger partial charge in [-0.1, -0.05) is 0 Å². The van der Waals surface area contributed by atoms with Crippen molar-refractivity contribution in [2.75, 3.05) is 11.1 Å². The van der Waals surface area contributed by atoms with Gasteiger partial charge in [-0.25, -0.2) is 9.97 Å². The Labute approximate surface area is 108 Å². The minimum Gasteiger partial charge on any atom is -0.384 e. The van der Waals surface area contributed by atoms with Gasteiger partial charge in [0.25, 0.3) is 5.91 Å². The quantitative estimate of drug-likeness (QED) is 0.863. The molecule has 1 aliphatic rings. The maximum atomic E-state index is 11.9. The van der Waals surface area contributed by atoms with Crippen LogP contribution in [0.15, 0.2) is 18.3 Å². The molecule has 2 heterocycles. The lowest BCUT2D eigenvalue weighted by Gasteiger charge is -2.01. The van der Waals surface area contributed by atoms with Crippen LogP contribution in [-0.2, 0) is 12.8 Å². The number of hydrogen-bond acceptors (Lipinski definition) is 5. The summed E-state index contributed by atoms with van der Waals surface area (Å²) in [4.78, 5) is 21.5. The molecule has 0 saturated heterocycles. The molecule has 0 atom stereocenters. The number of aryl methyl sites for hydroxylation is 2. The van der Waals surface area contributed by atoms with Crippen LogP contribution in [0.3, 0.4) is 0 Å². The SMILES string of the molecule is Nc1ccc(C(=O)Nc2nc3c(s2)CCC3)cn1. The molecule has 1 aliphatic carbocycles. The maximum Gasteiger partial charge on any atom is 0.259 e. The van der Waals surface area contributed by atoms with Gasteiger partial charge in [0.1, 0.15) is 5.82 Å². The van der Waals surface area contributed by atoms with E-state index in [1.165, 1.54) is 17.5 Å². The number of thiazole rings is 1. The van der Waals surface area contributed by atoms with E-state index in [0.29, 0.717) is 16.5 Å². The number of amides is 1. The molecule has 0 saturated carbocycles. The number of nitrogen functional groups attached to an aromatic ring is 1. The van der Waals surface area contributed by atoms with Crippen LogP contribution in [0.25, 0.3) is 0 Å². The van der Waals surface area contributed by atoms with Crippen LogP contribution in [0.1, 0.15) is 27.3 Å². The van der Waals surface area contributed by atoms with Gasteiger partial charge in [0.15, 0.2) is 5.13 Å². The second kappa shape index (κ2) is 4.38. The Morgan fingerprint density at radius 3 is 3.00 bits per heavy atom. The smallest absolute Gasteiger partial charge is 0.259 e. The summed E-state index contributed by atoms with van der Waals surface area (Å²) < 4.78 is 0. The lowest BCUT2D eigenvalue weighted by molar-refractivity contribution is 0.102. The van der Waals surface area contributed by atoms with Crippen LogP contribution in [0.5, 0.6) is 0 Å². The molecule has 1 amide bonds. The highest BCUT2D eigenvalue weighted by molar-refractivity contribution is 7.15.